The number of para-hydroxylation sites is 2. The van der Waals surface area contributed by atoms with Crippen LogP contribution in [0.3, 0.4) is 0 Å². The Bertz CT molecular complexity index is 499. The summed E-state index contributed by atoms with van der Waals surface area (Å²) in [5, 5.41) is 2.67. The summed E-state index contributed by atoms with van der Waals surface area (Å²) in [6, 6.07) is 7.01. The lowest BCUT2D eigenvalue weighted by molar-refractivity contribution is -0.130. The van der Waals surface area contributed by atoms with E-state index in [1.165, 1.54) is 0 Å². The minimum absolute atomic E-state index is 0.0982. The fourth-order valence-electron chi connectivity index (χ4n) is 2.24. The molecule has 2 rings (SSSR count). The molecule has 1 fully saturated rings. The zero-order valence-electron chi connectivity index (χ0n) is 12.0. The van der Waals surface area contributed by atoms with Crippen LogP contribution in [0.4, 0.5) is 5.69 Å². The highest BCUT2D eigenvalue weighted by atomic mass is 16.5. The first kappa shape index (κ1) is 15.2. The Morgan fingerprint density at radius 2 is 1.95 bits per heavy atom. The van der Waals surface area contributed by atoms with Crippen LogP contribution >= 0.6 is 0 Å². The molecule has 0 atom stereocenters. The second kappa shape index (κ2) is 7.52. The van der Waals surface area contributed by atoms with Crippen molar-refractivity contribution in [1.29, 1.82) is 0 Å². The van der Waals surface area contributed by atoms with E-state index >= 15 is 0 Å². The predicted octanol–water partition coefficient (Wildman–Crippen LogP) is 0.776. The van der Waals surface area contributed by atoms with Gasteiger partial charge in [-0.1, -0.05) is 12.1 Å². The van der Waals surface area contributed by atoms with Crippen LogP contribution in [0, 0.1) is 0 Å². The molecular formula is C15H21N3O3. The number of carbonyl (C=O) groups is 2. The maximum atomic E-state index is 11.8. The maximum absolute atomic E-state index is 11.8. The van der Waals surface area contributed by atoms with Crippen molar-refractivity contribution in [1.82, 2.24) is 10.2 Å². The molecule has 2 amide bonds. The summed E-state index contributed by atoms with van der Waals surface area (Å²) in [6.07, 6.45) is 2.48. The molecule has 1 saturated heterocycles. The second-order valence-electron chi connectivity index (χ2n) is 5.01. The van der Waals surface area contributed by atoms with Gasteiger partial charge < -0.3 is 20.7 Å². The zero-order valence-corrected chi connectivity index (χ0v) is 12.0. The van der Waals surface area contributed by atoms with Crippen molar-refractivity contribution in [3.05, 3.63) is 24.3 Å². The summed E-state index contributed by atoms with van der Waals surface area (Å²) >= 11 is 0. The van der Waals surface area contributed by atoms with Crippen molar-refractivity contribution in [2.24, 2.45) is 0 Å². The Morgan fingerprint density at radius 3 is 2.67 bits per heavy atom. The quantitative estimate of drug-likeness (QED) is 0.758. The van der Waals surface area contributed by atoms with Crippen LogP contribution in [0.5, 0.6) is 5.75 Å². The number of likely N-dealkylation sites (tertiary alicyclic amines) is 1. The lowest BCUT2D eigenvalue weighted by Crippen LogP contribution is -2.34. The van der Waals surface area contributed by atoms with Crippen LogP contribution in [0.25, 0.3) is 0 Å². The van der Waals surface area contributed by atoms with Crippen LogP contribution in [0.15, 0.2) is 24.3 Å². The van der Waals surface area contributed by atoms with Gasteiger partial charge in [-0.3, -0.25) is 9.59 Å². The minimum atomic E-state index is -0.257. The third-order valence-electron chi connectivity index (χ3n) is 3.40. The van der Waals surface area contributed by atoms with Gasteiger partial charge in [0.25, 0.3) is 5.91 Å². The number of anilines is 1. The van der Waals surface area contributed by atoms with E-state index in [2.05, 4.69) is 5.32 Å². The van der Waals surface area contributed by atoms with Crippen molar-refractivity contribution in [3.8, 4) is 5.75 Å². The molecule has 114 valence electrons. The van der Waals surface area contributed by atoms with E-state index in [9.17, 15) is 9.59 Å². The second-order valence-corrected chi connectivity index (χ2v) is 5.01. The van der Waals surface area contributed by atoms with Gasteiger partial charge in [0, 0.05) is 26.1 Å². The standard InChI is InChI=1S/C15H21N3O3/c16-12-5-1-2-6-13(12)21-11-14(19)17-8-7-15(20)18-9-3-4-10-18/h1-2,5-6H,3-4,7-11,16H2,(H,17,19). The number of carbonyl (C=O) groups excluding carboxylic acids is 2. The lowest BCUT2D eigenvalue weighted by atomic mass is 10.3. The number of nitrogens with two attached hydrogens (primary N) is 1. The highest BCUT2D eigenvalue weighted by Crippen LogP contribution is 2.19. The van der Waals surface area contributed by atoms with E-state index in [4.69, 9.17) is 10.5 Å². The monoisotopic (exact) mass is 291 g/mol. The average Bonchev–Trinajstić information content (AvgIpc) is 3.00. The van der Waals surface area contributed by atoms with E-state index < -0.39 is 0 Å². The van der Waals surface area contributed by atoms with Crippen molar-refractivity contribution in [2.45, 2.75) is 19.3 Å². The molecule has 6 heteroatoms. The molecule has 0 saturated carbocycles. The van der Waals surface area contributed by atoms with Crippen molar-refractivity contribution >= 4 is 17.5 Å². The Labute approximate surface area is 124 Å². The number of rotatable bonds is 6. The highest BCUT2D eigenvalue weighted by Gasteiger charge is 2.17. The van der Waals surface area contributed by atoms with Gasteiger partial charge in [0.1, 0.15) is 5.75 Å². The fraction of sp³-hybridized carbons (Fsp3) is 0.467. The van der Waals surface area contributed by atoms with Crippen molar-refractivity contribution in [3.63, 3.8) is 0 Å². The molecule has 0 aliphatic carbocycles. The third-order valence-corrected chi connectivity index (χ3v) is 3.40. The number of nitrogen functional groups attached to an aromatic ring is 1. The van der Waals surface area contributed by atoms with Gasteiger partial charge >= 0.3 is 0 Å². The number of hydrogen-bond acceptors (Lipinski definition) is 4. The summed E-state index contributed by atoms with van der Waals surface area (Å²) in [6.45, 7) is 1.90. The van der Waals surface area contributed by atoms with Gasteiger partial charge in [0.05, 0.1) is 5.69 Å². The third kappa shape index (κ3) is 4.66. The summed E-state index contributed by atoms with van der Waals surface area (Å²) in [7, 11) is 0. The Morgan fingerprint density at radius 1 is 1.24 bits per heavy atom. The van der Waals surface area contributed by atoms with E-state index in [1.807, 2.05) is 4.90 Å². The smallest absolute Gasteiger partial charge is 0.257 e. The van der Waals surface area contributed by atoms with Gasteiger partial charge in [-0.2, -0.15) is 0 Å². The average molecular weight is 291 g/mol. The van der Waals surface area contributed by atoms with Gasteiger partial charge in [0.15, 0.2) is 6.61 Å². The molecule has 0 aromatic heterocycles. The highest BCUT2D eigenvalue weighted by molar-refractivity contribution is 5.80. The molecule has 3 N–H and O–H groups in total. The fourth-order valence-corrected chi connectivity index (χ4v) is 2.24. The summed E-state index contributed by atoms with van der Waals surface area (Å²) < 4.78 is 5.32. The van der Waals surface area contributed by atoms with E-state index in [0.29, 0.717) is 24.4 Å². The first-order valence-corrected chi connectivity index (χ1v) is 7.18. The predicted molar refractivity (Wildman–Crippen MR) is 79.8 cm³/mol. The van der Waals surface area contributed by atoms with Crippen LogP contribution in [-0.4, -0.2) is 43.0 Å². The lowest BCUT2D eigenvalue weighted by Gasteiger charge is -2.15. The van der Waals surface area contributed by atoms with E-state index in [1.54, 1.807) is 24.3 Å². The molecule has 0 bridgehead atoms. The number of benzene rings is 1. The molecule has 0 unspecified atom stereocenters. The first-order valence-electron chi connectivity index (χ1n) is 7.18. The van der Waals surface area contributed by atoms with Gasteiger partial charge in [-0.05, 0) is 25.0 Å². The number of amides is 2. The number of nitrogens with zero attached hydrogens (tertiary/aromatic N) is 1. The molecule has 6 nitrogen and oxygen atoms in total. The van der Waals surface area contributed by atoms with Gasteiger partial charge in [-0.15, -0.1) is 0 Å². The molecule has 1 aromatic rings. The SMILES string of the molecule is Nc1ccccc1OCC(=O)NCCC(=O)N1CCCC1. The van der Waals surface area contributed by atoms with Crippen LogP contribution in [0.1, 0.15) is 19.3 Å². The molecule has 0 spiro atoms. The van der Waals surface area contributed by atoms with Crippen LogP contribution in [0.2, 0.25) is 0 Å². The molecule has 1 aliphatic rings. The van der Waals surface area contributed by atoms with Gasteiger partial charge in [0.2, 0.25) is 5.91 Å². The minimum Gasteiger partial charge on any atom is -0.482 e. The zero-order chi connectivity index (χ0) is 15.1. The number of hydrogen-bond donors (Lipinski definition) is 2. The number of ether oxygens (including phenoxy) is 1. The molecule has 1 heterocycles. The summed E-state index contributed by atoms with van der Waals surface area (Å²) in [5.74, 6) is 0.328. The van der Waals surface area contributed by atoms with Crippen molar-refractivity contribution in [2.75, 3.05) is 32.0 Å². The number of nitrogens with one attached hydrogen (secondary N) is 1. The topological polar surface area (TPSA) is 84.7 Å². The molecule has 1 aromatic carbocycles. The van der Waals surface area contributed by atoms with Crippen molar-refractivity contribution < 1.29 is 14.3 Å². The molecular weight excluding hydrogens is 270 g/mol. The molecule has 0 radical (unpaired) electrons. The van der Waals surface area contributed by atoms with Crippen LogP contribution in [-0.2, 0) is 9.59 Å². The van der Waals surface area contributed by atoms with Crippen LogP contribution < -0.4 is 15.8 Å². The molecule has 1 aliphatic heterocycles. The Balaban J connectivity index is 1.63. The van der Waals surface area contributed by atoms with E-state index in [0.717, 1.165) is 25.9 Å². The maximum Gasteiger partial charge on any atom is 0.257 e. The first-order chi connectivity index (χ1) is 10.2. The summed E-state index contributed by atoms with van der Waals surface area (Å²) in [4.78, 5) is 25.2. The Kier molecular flexibility index (Phi) is 5.43. The van der Waals surface area contributed by atoms with E-state index in [-0.39, 0.29) is 18.4 Å². The normalized spacial score (nSPS) is 14.0. The summed E-state index contributed by atoms with van der Waals surface area (Å²) in [5.41, 5.74) is 6.20. The van der Waals surface area contributed by atoms with Gasteiger partial charge in [-0.25, -0.2) is 0 Å². The Hall–Kier alpha value is -2.24. The molecule has 21 heavy (non-hydrogen) atoms. The largest absolute Gasteiger partial charge is 0.482 e.